The van der Waals surface area contributed by atoms with Gasteiger partial charge < -0.3 is 15.8 Å². The second-order valence-corrected chi connectivity index (χ2v) is 7.36. The molecule has 0 aromatic carbocycles. The van der Waals surface area contributed by atoms with E-state index in [1.165, 1.54) is 25.4 Å². The molecule has 4 rings (SSSR count). The number of amides is 2. The van der Waals surface area contributed by atoms with E-state index in [-0.39, 0.29) is 26.8 Å². The van der Waals surface area contributed by atoms with Gasteiger partial charge in [0.25, 0.3) is 11.8 Å². The van der Waals surface area contributed by atoms with Gasteiger partial charge in [-0.25, -0.2) is 18.9 Å². The monoisotopic (exact) mass is 525 g/mol. The van der Waals surface area contributed by atoms with E-state index in [0.29, 0.717) is 6.20 Å². The van der Waals surface area contributed by atoms with Gasteiger partial charge in [-0.2, -0.15) is 33.5 Å². The first-order chi connectivity index (χ1) is 17.0. The number of nitrogens with zero attached hydrogens (tertiary/aromatic N) is 7. The molecule has 4 heterocycles. The molecule has 0 spiro atoms. The van der Waals surface area contributed by atoms with Gasteiger partial charge in [-0.3, -0.25) is 4.79 Å². The predicted molar refractivity (Wildman–Crippen MR) is 113 cm³/mol. The average molecular weight is 526 g/mol. The van der Waals surface area contributed by atoms with E-state index in [2.05, 4.69) is 35.3 Å². The number of nitrogens with two attached hydrogens (primary N) is 1. The van der Waals surface area contributed by atoms with Crippen LogP contribution in [0, 0.1) is 12.7 Å². The van der Waals surface area contributed by atoms with Crippen molar-refractivity contribution in [1.82, 2.24) is 34.7 Å². The molecule has 0 radical (unpaired) electrons. The molecule has 3 N–H and O–H groups in total. The van der Waals surface area contributed by atoms with Crippen LogP contribution in [0.3, 0.4) is 0 Å². The van der Waals surface area contributed by atoms with Gasteiger partial charge in [0.05, 0.1) is 41.1 Å². The second-order valence-electron chi connectivity index (χ2n) is 6.96. The maximum Gasteiger partial charge on any atom is 0.434 e. The van der Waals surface area contributed by atoms with Gasteiger partial charge in [0.2, 0.25) is 0 Å². The Labute approximate surface area is 202 Å². The lowest BCUT2D eigenvalue weighted by Gasteiger charge is -2.14. The lowest BCUT2D eigenvalue weighted by atomic mass is 10.2. The number of anilines is 1. The van der Waals surface area contributed by atoms with Crippen LogP contribution in [0.5, 0.6) is 5.88 Å². The highest BCUT2D eigenvalue weighted by Crippen LogP contribution is 2.35. The molecule has 12 nitrogen and oxygen atoms in total. The quantitative estimate of drug-likeness (QED) is 0.376. The Bertz CT molecular complexity index is 1470. The summed E-state index contributed by atoms with van der Waals surface area (Å²) in [7, 11) is 0. The van der Waals surface area contributed by atoms with E-state index < -0.39 is 46.9 Å². The molecular weight excluding hydrogens is 514 g/mol. The molecule has 4 aromatic heterocycles. The molecular formula is C19H12ClF4N9O3. The molecule has 0 bridgehead atoms. The first kappa shape index (κ1) is 24.5. The van der Waals surface area contributed by atoms with Gasteiger partial charge in [-0.05, 0) is 24.6 Å². The summed E-state index contributed by atoms with van der Waals surface area (Å²) in [5.74, 6) is -3.75. The summed E-state index contributed by atoms with van der Waals surface area (Å²) in [4.78, 5) is 32.4. The molecule has 186 valence electrons. The Kier molecular flexibility index (Phi) is 6.28. The molecule has 36 heavy (non-hydrogen) atoms. The largest absolute Gasteiger partial charge is 0.434 e. The molecule has 0 aliphatic carbocycles. The van der Waals surface area contributed by atoms with Crippen LogP contribution in [-0.4, -0.2) is 46.7 Å². The summed E-state index contributed by atoms with van der Waals surface area (Å²) in [6.07, 6.45) is -2.00. The van der Waals surface area contributed by atoms with Crippen LogP contribution >= 0.6 is 11.6 Å². The minimum atomic E-state index is -5.11. The zero-order valence-electron chi connectivity index (χ0n) is 17.8. The van der Waals surface area contributed by atoms with E-state index >= 15 is 0 Å². The summed E-state index contributed by atoms with van der Waals surface area (Å²) < 4.78 is 60.8. The van der Waals surface area contributed by atoms with E-state index in [1.54, 1.807) is 0 Å². The predicted octanol–water partition coefficient (Wildman–Crippen LogP) is 3.07. The first-order valence-electron chi connectivity index (χ1n) is 9.59. The number of carbonyl (C=O) groups is 2. The standard InChI is InChI=1S/C19H12ClF4N9O3/c1-8-4-12(21)17(36-18(25)35)31-14(8)32-13(19(22,23)24)10(7-29-32)16(34)30-9-5-11(20)15(26-6-9)33-27-2-3-28-33/h2-7H,1H3,(H2,25,35)(H,30,34). The highest BCUT2D eigenvalue weighted by atomic mass is 35.5. The van der Waals surface area contributed by atoms with Crippen LogP contribution in [-0.2, 0) is 6.18 Å². The zero-order valence-corrected chi connectivity index (χ0v) is 18.5. The number of halogens is 5. The van der Waals surface area contributed by atoms with Crippen molar-refractivity contribution in [2.24, 2.45) is 5.73 Å². The smallest absolute Gasteiger partial charge is 0.388 e. The Balaban J connectivity index is 1.72. The maximum atomic E-state index is 14.0. The summed E-state index contributed by atoms with van der Waals surface area (Å²) >= 11 is 6.12. The minimum absolute atomic E-state index is 0.00357. The highest BCUT2D eigenvalue weighted by molar-refractivity contribution is 6.32. The van der Waals surface area contributed by atoms with E-state index in [4.69, 9.17) is 17.3 Å². The van der Waals surface area contributed by atoms with Crippen molar-refractivity contribution < 1.29 is 31.9 Å². The maximum absolute atomic E-state index is 14.0. The normalized spacial score (nSPS) is 11.4. The first-order valence-corrected chi connectivity index (χ1v) is 9.97. The van der Waals surface area contributed by atoms with Crippen molar-refractivity contribution in [2.45, 2.75) is 13.1 Å². The molecule has 0 aliphatic heterocycles. The van der Waals surface area contributed by atoms with Crippen LogP contribution in [0.4, 0.5) is 28.0 Å². The molecule has 0 unspecified atom stereocenters. The van der Waals surface area contributed by atoms with E-state index in [1.807, 2.05) is 0 Å². The van der Waals surface area contributed by atoms with Gasteiger partial charge in [0, 0.05) is 0 Å². The number of primary amides is 1. The van der Waals surface area contributed by atoms with Gasteiger partial charge in [0.1, 0.15) is 0 Å². The number of rotatable bonds is 5. The lowest BCUT2D eigenvalue weighted by molar-refractivity contribution is -0.143. The van der Waals surface area contributed by atoms with Crippen molar-refractivity contribution in [2.75, 3.05) is 5.32 Å². The Morgan fingerprint density at radius 1 is 1.11 bits per heavy atom. The van der Waals surface area contributed by atoms with Crippen molar-refractivity contribution in [3.05, 3.63) is 64.6 Å². The summed E-state index contributed by atoms with van der Waals surface area (Å²) in [6.45, 7) is 1.24. The number of aryl methyl sites for hydroxylation is 1. The van der Waals surface area contributed by atoms with Crippen LogP contribution in [0.1, 0.15) is 21.6 Å². The molecule has 17 heteroatoms. The van der Waals surface area contributed by atoms with Gasteiger partial charge in [0.15, 0.2) is 23.1 Å². The van der Waals surface area contributed by atoms with Crippen LogP contribution in [0.15, 0.2) is 36.9 Å². The summed E-state index contributed by atoms with van der Waals surface area (Å²) in [6, 6.07) is 2.01. The topological polar surface area (TPSA) is 156 Å². The Morgan fingerprint density at radius 3 is 2.42 bits per heavy atom. The van der Waals surface area contributed by atoms with Crippen molar-refractivity contribution in [3.8, 4) is 17.5 Å². The number of hydrogen-bond acceptors (Lipinski definition) is 8. The van der Waals surface area contributed by atoms with Crippen molar-refractivity contribution in [3.63, 3.8) is 0 Å². The Morgan fingerprint density at radius 2 is 1.81 bits per heavy atom. The molecule has 2 amide bonds. The van der Waals surface area contributed by atoms with Gasteiger partial charge in [-0.15, -0.1) is 4.80 Å². The Hall–Kier alpha value is -4.60. The van der Waals surface area contributed by atoms with E-state index in [0.717, 1.165) is 17.1 Å². The molecule has 0 saturated heterocycles. The van der Waals surface area contributed by atoms with Gasteiger partial charge >= 0.3 is 12.3 Å². The van der Waals surface area contributed by atoms with E-state index in [9.17, 15) is 27.2 Å². The average Bonchev–Trinajstić information content (AvgIpc) is 3.45. The molecule has 0 fully saturated rings. The number of aromatic nitrogens is 7. The second kappa shape index (κ2) is 9.21. The molecule has 4 aromatic rings. The summed E-state index contributed by atoms with van der Waals surface area (Å²) in [5.41, 5.74) is 2.28. The SMILES string of the molecule is Cc1cc(F)c(OC(N)=O)nc1-n1ncc(C(=O)Nc2cnc(-n3nccn3)c(Cl)c2)c1C(F)(F)F. The van der Waals surface area contributed by atoms with Crippen LogP contribution < -0.4 is 15.8 Å². The van der Waals surface area contributed by atoms with Gasteiger partial charge in [-0.1, -0.05) is 11.6 Å². The number of ether oxygens (including phenoxy) is 1. The zero-order chi connectivity index (χ0) is 26.2. The highest BCUT2D eigenvalue weighted by Gasteiger charge is 2.41. The van der Waals surface area contributed by atoms with Crippen molar-refractivity contribution >= 4 is 29.3 Å². The molecule has 0 saturated carbocycles. The fraction of sp³-hybridized carbons (Fsp3) is 0.105. The number of pyridine rings is 2. The lowest BCUT2D eigenvalue weighted by Crippen LogP contribution is -2.22. The number of carbonyl (C=O) groups excluding carboxylic acids is 2. The summed E-state index contributed by atoms with van der Waals surface area (Å²) in [5, 5.41) is 13.6. The van der Waals surface area contributed by atoms with Crippen LogP contribution in [0.2, 0.25) is 5.02 Å². The van der Waals surface area contributed by atoms with Crippen molar-refractivity contribution in [1.29, 1.82) is 0 Å². The molecule has 0 aliphatic rings. The third-order valence-corrected chi connectivity index (χ3v) is 4.75. The fourth-order valence-corrected chi connectivity index (χ4v) is 3.30. The minimum Gasteiger partial charge on any atom is -0.388 e. The number of nitrogens with one attached hydrogen (secondary N) is 1. The number of alkyl halides is 3. The third kappa shape index (κ3) is 4.78. The molecule has 0 atom stereocenters. The van der Waals surface area contributed by atoms with Crippen LogP contribution in [0.25, 0.3) is 11.6 Å². The number of hydrogen-bond donors (Lipinski definition) is 2. The third-order valence-electron chi connectivity index (χ3n) is 4.48. The fourth-order valence-electron chi connectivity index (χ4n) is 3.05.